The maximum absolute atomic E-state index is 13.8. The van der Waals surface area contributed by atoms with Crippen molar-refractivity contribution in [1.29, 1.82) is 0 Å². The second-order valence-corrected chi connectivity index (χ2v) is 9.54. The summed E-state index contributed by atoms with van der Waals surface area (Å²) in [6, 6.07) is 25.0. The van der Waals surface area contributed by atoms with E-state index in [4.69, 9.17) is 0 Å². The molecule has 0 radical (unpaired) electrons. The molecular formula is C25H23NO3S. The molecular weight excluding hydrogens is 394 g/mol. The van der Waals surface area contributed by atoms with E-state index in [-0.39, 0.29) is 9.80 Å². The van der Waals surface area contributed by atoms with Gasteiger partial charge in [0.15, 0.2) is 0 Å². The minimum absolute atomic E-state index is 0.214. The standard InChI is InChI=1S/C25H23NO3S/c1-19-13-15-23(16-14-19)30(28,29)24-17-22(18-27)26(21-11-7-4-8-12-21)25(24,2)20-9-5-3-6-10-20/h3-18,22H,1-2H3. The highest BCUT2D eigenvalue weighted by Crippen LogP contribution is 2.48. The second kappa shape index (κ2) is 7.58. The third-order valence-corrected chi connectivity index (χ3v) is 7.72. The number of para-hydroxylation sites is 1. The van der Waals surface area contributed by atoms with Crippen molar-refractivity contribution in [2.75, 3.05) is 4.90 Å². The highest BCUT2D eigenvalue weighted by Gasteiger charge is 2.51. The molecule has 0 spiro atoms. The Morgan fingerprint density at radius 2 is 1.43 bits per heavy atom. The maximum Gasteiger partial charge on any atom is 0.205 e. The minimum atomic E-state index is -3.83. The summed E-state index contributed by atoms with van der Waals surface area (Å²) in [5.41, 5.74) is 1.53. The maximum atomic E-state index is 13.8. The summed E-state index contributed by atoms with van der Waals surface area (Å²) in [5, 5.41) is 0. The van der Waals surface area contributed by atoms with E-state index in [0.29, 0.717) is 0 Å². The third-order valence-electron chi connectivity index (χ3n) is 5.71. The molecule has 0 saturated heterocycles. The number of carbonyl (C=O) groups excluding carboxylic acids is 1. The molecule has 2 atom stereocenters. The van der Waals surface area contributed by atoms with Crippen LogP contribution in [0.4, 0.5) is 5.69 Å². The zero-order chi connectivity index (χ0) is 21.4. The van der Waals surface area contributed by atoms with Crippen LogP contribution in [0.1, 0.15) is 18.1 Å². The predicted molar refractivity (Wildman–Crippen MR) is 119 cm³/mol. The topological polar surface area (TPSA) is 54.5 Å². The van der Waals surface area contributed by atoms with Crippen LogP contribution in [0.3, 0.4) is 0 Å². The van der Waals surface area contributed by atoms with E-state index in [1.54, 1.807) is 30.3 Å². The molecule has 2 unspecified atom stereocenters. The Morgan fingerprint density at radius 3 is 2.00 bits per heavy atom. The lowest BCUT2D eigenvalue weighted by atomic mass is 9.90. The number of hydrogen-bond donors (Lipinski definition) is 0. The number of benzene rings is 3. The summed E-state index contributed by atoms with van der Waals surface area (Å²) in [5.74, 6) is 0. The zero-order valence-electron chi connectivity index (χ0n) is 16.9. The number of nitrogens with zero attached hydrogens (tertiary/aromatic N) is 1. The molecule has 4 rings (SSSR count). The zero-order valence-corrected chi connectivity index (χ0v) is 17.7. The Kier molecular flexibility index (Phi) is 5.08. The van der Waals surface area contributed by atoms with Crippen LogP contribution in [-0.4, -0.2) is 20.7 Å². The summed E-state index contributed by atoms with van der Waals surface area (Å²) in [6.07, 6.45) is 2.38. The quantitative estimate of drug-likeness (QED) is 0.567. The van der Waals surface area contributed by atoms with E-state index in [1.165, 1.54) is 0 Å². The molecule has 0 fully saturated rings. The minimum Gasteiger partial charge on any atom is -0.344 e. The van der Waals surface area contributed by atoms with Gasteiger partial charge in [-0.3, -0.25) is 0 Å². The number of aryl methyl sites for hydroxylation is 1. The van der Waals surface area contributed by atoms with Crippen LogP contribution in [-0.2, 0) is 20.2 Å². The number of anilines is 1. The molecule has 4 nitrogen and oxygen atoms in total. The lowest BCUT2D eigenvalue weighted by molar-refractivity contribution is -0.108. The van der Waals surface area contributed by atoms with Crippen molar-refractivity contribution in [2.24, 2.45) is 0 Å². The smallest absolute Gasteiger partial charge is 0.205 e. The Morgan fingerprint density at radius 1 is 0.867 bits per heavy atom. The van der Waals surface area contributed by atoms with E-state index in [2.05, 4.69) is 0 Å². The van der Waals surface area contributed by atoms with Gasteiger partial charge in [0, 0.05) is 5.69 Å². The van der Waals surface area contributed by atoms with Crippen LogP contribution >= 0.6 is 0 Å². The first-order chi connectivity index (χ1) is 14.4. The Labute approximate surface area is 177 Å². The van der Waals surface area contributed by atoms with Gasteiger partial charge in [0.1, 0.15) is 12.3 Å². The van der Waals surface area contributed by atoms with Crippen molar-refractivity contribution in [3.63, 3.8) is 0 Å². The molecule has 0 amide bonds. The molecule has 0 bridgehead atoms. The molecule has 30 heavy (non-hydrogen) atoms. The Bertz CT molecular complexity index is 1190. The van der Waals surface area contributed by atoms with Crippen molar-refractivity contribution in [3.05, 3.63) is 107 Å². The fourth-order valence-corrected chi connectivity index (χ4v) is 5.97. The van der Waals surface area contributed by atoms with Crippen LogP contribution in [0.15, 0.2) is 101 Å². The van der Waals surface area contributed by atoms with Gasteiger partial charge in [-0.15, -0.1) is 0 Å². The van der Waals surface area contributed by atoms with Crippen molar-refractivity contribution in [2.45, 2.75) is 30.3 Å². The van der Waals surface area contributed by atoms with E-state index < -0.39 is 21.4 Å². The molecule has 0 aliphatic carbocycles. The van der Waals surface area contributed by atoms with Crippen molar-refractivity contribution in [1.82, 2.24) is 0 Å². The number of sulfone groups is 1. The van der Waals surface area contributed by atoms with Gasteiger partial charge in [0.05, 0.1) is 15.3 Å². The monoisotopic (exact) mass is 417 g/mol. The molecule has 0 N–H and O–H groups in total. The van der Waals surface area contributed by atoms with Crippen LogP contribution in [0.5, 0.6) is 0 Å². The van der Waals surface area contributed by atoms with E-state index in [0.717, 1.165) is 23.1 Å². The van der Waals surface area contributed by atoms with Gasteiger partial charge < -0.3 is 9.69 Å². The molecule has 5 heteroatoms. The summed E-state index contributed by atoms with van der Waals surface area (Å²) < 4.78 is 27.5. The number of aldehydes is 1. The summed E-state index contributed by atoms with van der Waals surface area (Å²) in [6.45, 7) is 3.79. The van der Waals surface area contributed by atoms with Gasteiger partial charge in [-0.05, 0) is 49.8 Å². The average molecular weight is 418 g/mol. The summed E-state index contributed by atoms with van der Waals surface area (Å²) in [7, 11) is -3.83. The highest BCUT2D eigenvalue weighted by atomic mass is 32.2. The van der Waals surface area contributed by atoms with Gasteiger partial charge in [-0.1, -0.05) is 66.2 Å². The van der Waals surface area contributed by atoms with Crippen molar-refractivity contribution < 1.29 is 13.2 Å². The number of hydrogen-bond acceptors (Lipinski definition) is 4. The van der Waals surface area contributed by atoms with Crippen LogP contribution in [0.2, 0.25) is 0 Å². The summed E-state index contributed by atoms with van der Waals surface area (Å²) >= 11 is 0. The molecule has 3 aromatic rings. The molecule has 0 saturated carbocycles. The first kappa shape index (κ1) is 20.1. The van der Waals surface area contributed by atoms with Crippen LogP contribution in [0.25, 0.3) is 0 Å². The van der Waals surface area contributed by atoms with Gasteiger partial charge in [0.25, 0.3) is 0 Å². The Balaban J connectivity index is 1.97. The predicted octanol–water partition coefficient (Wildman–Crippen LogP) is 4.66. The molecule has 3 aromatic carbocycles. The molecule has 1 heterocycles. The van der Waals surface area contributed by atoms with Crippen LogP contribution < -0.4 is 4.90 Å². The highest BCUT2D eigenvalue weighted by molar-refractivity contribution is 7.95. The molecule has 1 aliphatic rings. The molecule has 1 aliphatic heterocycles. The first-order valence-electron chi connectivity index (χ1n) is 9.78. The van der Waals surface area contributed by atoms with Crippen molar-refractivity contribution >= 4 is 21.8 Å². The fraction of sp³-hybridized carbons (Fsp3) is 0.160. The lowest BCUT2D eigenvalue weighted by Gasteiger charge is -2.41. The average Bonchev–Trinajstić information content (AvgIpc) is 3.09. The van der Waals surface area contributed by atoms with Crippen molar-refractivity contribution in [3.8, 4) is 0 Å². The van der Waals surface area contributed by atoms with Gasteiger partial charge in [-0.25, -0.2) is 8.42 Å². The van der Waals surface area contributed by atoms with E-state index in [1.807, 2.05) is 79.4 Å². The SMILES string of the molecule is Cc1ccc(S(=O)(=O)C2=CC(C=O)N(c3ccccc3)C2(C)c2ccccc2)cc1. The molecule has 0 aromatic heterocycles. The van der Waals surface area contributed by atoms with E-state index in [9.17, 15) is 13.2 Å². The first-order valence-corrected chi connectivity index (χ1v) is 11.3. The Hall–Kier alpha value is -3.18. The van der Waals surface area contributed by atoms with Gasteiger partial charge in [0.2, 0.25) is 9.84 Å². The third kappa shape index (κ3) is 3.15. The fourth-order valence-electron chi connectivity index (χ4n) is 4.17. The normalized spacial score (nSPS) is 21.3. The van der Waals surface area contributed by atoms with Crippen LogP contribution in [0, 0.1) is 6.92 Å². The van der Waals surface area contributed by atoms with Gasteiger partial charge >= 0.3 is 0 Å². The number of carbonyl (C=O) groups is 1. The second-order valence-electron chi connectivity index (χ2n) is 7.62. The largest absolute Gasteiger partial charge is 0.344 e. The lowest BCUT2D eigenvalue weighted by Crippen LogP contribution is -2.47. The van der Waals surface area contributed by atoms with E-state index >= 15 is 0 Å². The van der Waals surface area contributed by atoms with Gasteiger partial charge in [-0.2, -0.15) is 0 Å². The molecule has 152 valence electrons. The summed E-state index contributed by atoms with van der Waals surface area (Å²) in [4.78, 5) is 14.4. The number of rotatable bonds is 5.